The van der Waals surface area contributed by atoms with Crippen LogP contribution in [-0.2, 0) is 10.0 Å². The number of aliphatic hydroxyl groups excluding tert-OH is 1. The van der Waals surface area contributed by atoms with E-state index in [9.17, 15) is 13.5 Å². The SMILES string of the molecule is O=S(=O)(c1ccc(N2CCC(O)C2)c(-c2cc3ccccc3[nH]2)c1)N1CCC12CNC2. The second kappa shape index (κ2) is 6.80. The van der Waals surface area contributed by atoms with E-state index in [-0.39, 0.29) is 11.6 Å². The Kier molecular flexibility index (Phi) is 4.24. The number of aromatic nitrogens is 1. The first-order valence-corrected chi connectivity index (χ1v) is 12.3. The Morgan fingerprint density at radius 1 is 1.06 bits per heavy atom. The van der Waals surface area contributed by atoms with E-state index in [0.717, 1.165) is 60.3 Å². The number of hydrogen-bond donors (Lipinski definition) is 3. The highest BCUT2D eigenvalue weighted by molar-refractivity contribution is 7.89. The predicted octanol–water partition coefficient (Wildman–Crippen LogP) is 2.14. The number of fused-ring (bicyclic) bond motifs is 1. The second-order valence-corrected chi connectivity index (χ2v) is 10.9. The normalized spacial score (nSPS) is 23.3. The van der Waals surface area contributed by atoms with Gasteiger partial charge in [0.05, 0.1) is 16.5 Å². The van der Waals surface area contributed by atoms with Gasteiger partial charge < -0.3 is 20.3 Å². The molecule has 1 aromatic heterocycles. The monoisotopic (exact) mass is 438 g/mol. The highest BCUT2D eigenvalue weighted by Crippen LogP contribution is 2.41. The van der Waals surface area contributed by atoms with Gasteiger partial charge in [-0.3, -0.25) is 0 Å². The van der Waals surface area contributed by atoms with Crippen LogP contribution in [0.4, 0.5) is 5.69 Å². The molecular formula is C23H26N4O3S. The maximum Gasteiger partial charge on any atom is 0.243 e. The van der Waals surface area contributed by atoms with E-state index in [1.807, 2.05) is 30.3 Å². The van der Waals surface area contributed by atoms with Crippen LogP contribution in [0.3, 0.4) is 0 Å². The lowest BCUT2D eigenvalue weighted by atomic mass is 9.82. The van der Waals surface area contributed by atoms with Crippen LogP contribution < -0.4 is 10.2 Å². The van der Waals surface area contributed by atoms with Crippen LogP contribution in [0.2, 0.25) is 0 Å². The van der Waals surface area contributed by atoms with E-state index in [0.29, 0.717) is 18.0 Å². The molecule has 3 aliphatic heterocycles. The molecule has 1 spiro atoms. The molecule has 3 aliphatic rings. The number of anilines is 1. The van der Waals surface area contributed by atoms with E-state index >= 15 is 0 Å². The molecule has 0 aliphatic carbocycles. The molecule has 8 heteroatoms. The van der Waals surface area contributed by atoms with Crippen molar-refractivity contribution in [2.75, 3.05) is 37.6 Å². The number of H-pyrrole nitrogens is 1. The highest BCUT2D eigenvalue weighted by atomic mass is 32.2. The van der Waals surface area contributed by atoms with Crippen molar-refractivity contribution in [2.45, 2.75) is 29.4 Å². The number of para-hydroxylation sites is 1. The van der Waals surface area contributed by atoms with Gasteiger partial charge in [-0.1, -0.05) is 18.2 Å². The van der Waals surface area contributed by atoms with Crippen LogP contribution in [0.1, 0.15) is 12.8 Å². The molecule has 162 valence electrons. The van der Waals surface area contributed by atoms with Crippen molar-refractivity contribution in [1.29, 1.82) is 0 Å². The molecule has 0 radical (unpaired) electrons. The zero-order valence-electron chi connectivity index (χ0n) is 17.2. The third kappa shape index (κ3) is 2.93. The maximum absolute atomic E-state index is 13.5. The summed E-state index contributed by atoms with van der Waals surface area (Å²) >= 11 is 0. The number of aromatic amines is 1. The van der Waals surface area contributed by atoms with Gasteiger partial charge >= 0.3 is 0 Å². The van der Waals surface area contributed by atoms with Crippen LogP contribution in [0.15, 0.2) is 53.4 Å². The first-order valence-electron chi connectivity index (χ1n) is 10.9. The summed E-state index contributed by atoms with van der Waals surface area (Å²) in [6, 6.07) is 15.5. The third-order valence-corrected chi connectivity index (χ3v) is 9.10. The molecule has 3 saturated heterocycles. The Hall–Kier alpha value is -2.39. The Balaban J connectivity index is 1.47. The molecule has 4 heterocycles. The summed E-state index contributed by atoms with van der Waals surface area (Å²) in [5, 5.41) is 14.4. The highest BCUT2D eigenvalue weighted by Gasteiger charge is 2.55. The molecular weight excluding hydrogens is 412 g/mol. The lowest BCUT2D eigenvalue weighted by Gasteiger charge is -2.57. The molecule has 7 nitrogen and oxygen atoms in total. The van der Waals surface area contributed by atoms with Crippen LogP contribution in [0.25, 0.3) is 22.2 Å². The number of sulfonamides is 1. The van der Waals surface area contributed by atoms with Gasteiger partial charge in [0.2, 0.25) is 10.0 Å². The molecule has 0 saturated carbocycles. The van der Waals surface area contributed by atoms with E-state index in [2.05, 4.69) is 21.3 Å². The molecule has 0 amide bonds. The summed E-state index contributed by atoms with van der Waals surface area (Å²) in [4.78, 5) is 5.92. The lowest BCUT2D eigenvalue weighted by molar-refractivity contribution is 0.0199. The minimum atomic E-state index is -3.57. The van der Waals surface area contributed by atoms with Gasteiger partial charge in [-0.25, -0.2) is 8.42 Å². The fraction of sp³-hybridized carbons (Fsp3) is 0.391. The minimum Gasteiger partial charge on any atom is -0.391 e. The number of β-amino-alcohol motifs (C(OH)–C–C–N with tert-alkyl or cyclic N) is 1. The van der Waals surface area contributed by atoms with Crippen LogP contribution >= 0.6 is 0 Å². The minimum absolute atomic E-state index is 0.238. The third-order valence-electron chi connectivity index (χ3n) is 7.10. The zero-order chi connectivity index (χ0) is 21.2. The smallest absolute Gasteiger partial charge is 0.243 e. The second-order valence-electron chi connectivity index (χ2n) is 8.99. The number of hydrogen-bond acceptors (Lipinski definition) is 5. The summed E-state index contributed by atoms with van der Waals surface area (Å²) in [5.41, 5.74) is 3.47. The number of nitrogens with one attached hydrogen (secondary N) is 2. The molecule has 0 bridgehead atoms. The molecule has 1 unspecified atom stereocenters. The largest absolute Gasteiger partial charge is 0.391 e. The predicted molar refractivity (Wildman–Crippen MR) is 121 cm³/mol. The standard InChI is InChI=1S/C23H26N4O3S/c28-17-7-9-26(13-17)22-6-5-18(31(29,30)27-10-8-23(27)14-24-15-23)12-19(22)21-11-16-3-1-2-4-20(16)25-21/h1-6,11-12,17,24-25,28H,7-10,13-15H2. The zero-order valence-corrected chi connectivity index (χ0v) is 18.0. The molecule has 2 aromatic carbocycles. The molecule has 31 heavy (non-hydrogen) atoms. The molecule has 3 aromatic rings. The van der Waals surface area contributed by atoms with E-state index in [1.165, 1.54) is 0 Å². The van der Waals surface area contributed by atoms with Crippen LogP contribution in [-0.4, -0.2) is 67.2 Å². The van der Waals surface area contributed by atoms with Gasteiger partial charge in [-0.2, -0.15) is 4.31 Å². The van der Waals surface area contributed by atoms with Gasteiger partial charge in [-0.05, 0) is 43.2 Å². The number of rotatable bonds is 4. The average molecular weight is 439 g/mol. The Labute approximate surface area is 181 Å². The molecule has 6 rings (SSSR count). The summed E-state index contributed by atoms with van der Waals surface area (Å²) in [7, 11) is -3.57. The molecule has 3 fully saturated rings. The summed E-state index contributed by atoms with van der Waals surface area (Å²) in [6.45, 7) is 3.34. The van der Waals surface area contributed by atoms with Crippen LogP contribution in [0, 0.1) is 0 Å². The fourth-order valence-corrected chi connectivity index (χ4v) is 6.96. The quantitative estimate of drug-likeness (QED) is 0.581. The average Bonchev–Trinajstić information content (AvgIpc) is 3.31. The van der Waals surface area contributed by atoms with Gasteiger partial charge in [0.1, 0.15) is 0 Å². The van der Waals surface area contributed by atoms with Gasteiger partial charge in [0.15, 0.2) is 0 Å². The van der Waals surface area contributed by atoms with E-state index < -0.39 is 10.0 Å². The lowest BCUT2D eigenvalue weighted by Crippen LogP contribution is -2.76. The Morgan fingerprint density at radius 2 is 1.90 bits per heavy atom. The number of benzene rings is 2. The van der Waals surface area contributed by atoms with Gasteiger partial charge in [-0.15, -0.1) is 0 Å². The Bertz CT molecular complexity index is 1230. The van der Waals surface area contributed by atoms with Gasteiger partial charge in [0.25, 0.3) is 0 Å². The first kappa shape index (κ1) is 19.3. The number of nitrogens with zero attached hydrogens (tertiary/aromatic N) is 2. The summed E-state index contributed by atoms with van der Waals surface area (Å²) in [6.07, 6.45) is 1.28. The van der Waals surface area contributed by atoms with Crippen molar-refractivity contribution < 1.29 is 13.5 Å². The summed E-state index contributed by atoms with van der Waals surface area (Å²) < 4.78 is 28.7. The van der Waals surface area contributed by atoms with Crippen molar-refractivity contribution in [3.63, 3.8) is 0 Å². The van der Waals surface area contributed by atoms with Crippen molar-refractivity contribution in [3.05, 3.63) is 48.5 Å². The van der Waals surface area contributed by atoms with Crippen molar-refractivity contribution >= 4 is 26.6 Å². The Morgan fingerprint density at radius 3 is 2.55 bits per heavy atom. The van der Waals surface area contributed by atoms with Crippen molar-refractivity contribution in [1.82, 2.24) is 14.6 Å². The van der Waals surface area contributed by atoms with E-state index in [4.69, 9.17) is 0 Å². The van der Waals surface area contributed by atoms with Crippen LogP contribution in [0.5, 0.6) is 0 Å². The van der Waals surface area contributed by atoms with Gasteiger partial charge in [0, 0.05) is 60.6 Å². The van der Waals surface area contributed by atoms with E-state index in [1.54, 1.807) is 16.4 Å². The van der Waals surface area contributed by atoms with Crippen molar-refractivity contribution in [3.8, 4) is 11.3 Å². The van der Waals surface area contributed by atoms with Crippen molar-refractivity contribution in [2.24, 2.45) is 0 Å². The maximum atomic E-state index is 13.5. The summed E-state index contributed by atoms with van der Waals surface area (Å²) in [5.74, 6) is 0. The molecule has 3 N–H and O–H groups in total. The topological polar surface area (TPSA) is 88.7 Å². The first-order chi connectivity index (χ1) is 15.0. The fourth-order valence-electron chi connectivity index (χ4n) is 5.13. The molecule has 1 atom stereocenters. The number of aliphatic hydroxyl groups is 1.